The summed E-state index contributed by atoms with van der Waals surface area (Å²) in [5, 5.41) is 9.29. The highest BCUT2D eigenvalue weighted by Gasteiger charge is 2.29. The average Bonchev–Trinajstić information content (AvgIpc) is 2.45. The van der Waals surface area contributed by atoms with E-state index in [1.807, 2.05) is 18.2 Å². The molecule has 0 aliphatic carbocycles. The Morgan fingerprint density at radius 3 is 2.77 bits per heavy atom. The SMILES string of the molecule is CC(C)COc1ccccc1CN1CC(C)CC(C(=O)O)C1. The van der Waals surface area contributed by atoms with Gasteiger partial charge in [0.2, 0.25) is 0 Å². The highest BCUT2D eigenvalue weighted by Crippen LogP contribution is 2.26. The van der Waals surface area contributed by atoms with Gasteiger partial charge in [0, 0.05) is 25.2 Å². The number of nitrogens with zero attached hydrogens (tertiary/aromatic N) is 1. The third kappa shape index (κ3) is 4.73. The Hall–Kier alpha value is -1.55. The number of likely N-dealkylation sites (tertiary alicyclic amines) is 1. The van der Waals surface area contributed by atoms with Crippen LogP contribution in [-0.2, 0) is 11.3 Å². The molecular formula is C18H27NO3. The van der Waals surface area contributed by atoms with Gasteiger partial charge in [0.05, 0.1) is 12.5 Å². The van der Waals surface area contributed by atoms with Crippen LogP contribution >= 0.6 is 0 Å². The molecule has 2 rings (SSSR count). The van der Waals surface area contributed by atoms with Gasteiger partial charge in [0.25, 0.3) is 0 Å². The number of piperidine rings is 1. The lowest BCUT2D eigenvalue weighted by Crippen LogP contribution is -2.42. The topological polar surface area (TPSA) is 49.8 Å². The van der Waals surface area contributed by atoms with E-state index in [1.165, 1.54) is 0 Å². The van der Waals surface area contributed by atoms with E-state index in [4.69, 9.17) is 4.74 Å². The second-order valence-electron chi connectivity index (χ2n) is 6.88. The summed E-state index contributed by atoms with van der Waals surface area (Å²) >= 11 is 0. The van der Waals surface area contributed by atoms with Crippen molar-refractivity contribution in [3.8, 4) is 5.75 Å². The van der Waals surface area contributed by atoms with Crippen LogP contribution in [-0.4, -0.2) is 35.7 Å². The molecular weight excluding hydrogens is 278 g/mol. The molecule has 2 unspecified atom stereocenters. The van der Waals surface area contributed by atoms with Gasteiger partial charge in [-0.25, -0.2) is 0 Å². The molecule has 1 aromatic carbocycles. The summed E-state index contributed by atoms with van der Waals surface area (Å²) in [4.78, 5) is 13.5. The first kappa shape index (κ1) is 16.8. The van der Waals surface area contributed by atoms with Gasteiger partial charge in [-0.05, 0) is 24.3 Å². The Morgan fingerprint density at radius 2 is 2.09 bits per heavy atom. The zero-order valence-electron chi connectivity index (χ0n) is 13.8. The molecule has 22 heavy (non-hydrogen) atoms. The van der Waals surface area contributed by atoms with Crippen LogP contribution in [0.3, 0.4) is 0 Å². The lowest BCUT2D eigenvalue weighted by molar-refractivity contribution is -0.144. The highest BCUT2D eigenvalue weighted by molar-refractivity contribution is 5.70. The Bertz CT molecular complexity index is 501. The predicted molar refractivity (Wildman–Crippen MR) is 87.0 cm³/mol. The molecule has 1 N–H and O–H groups in total. The Labute approximate surface area is 133 Å². The lowest BCUT2D eigenvalue weighted by atomic mass is 9.90. The Kier molecular flexibility index (Phi) is 5.83. The minimum absolute atomic E-state index is 0.257. The number of aliphatic carboxylic acids is 1. The number of hydrogen-bond donors (Lipinski definition) is 1. The van der Waals surface area contributed by atoms with Gasteiger partial charge >= 0.3 is 5.97 Å². The molecule has 1 saturated heterocycles. The van der Waals surface area contributed by atoms with Gasteiger partial charge < -0.3 is 9.84 Å². The third-order valence-corrected chi connectivity index (χ3v) is 4.02. The maximum Gasteiger partial charge on any atom is 0.307 e. The van der Waals surface area contributed by atoms with Crippen molar-refractivity contribution in [3.63, 3.8) is 0 Å². The molecule has 4 nitrogen and oxygen atoms in total. The summed E-state index contributed by atoms with van der Waals surface area (Å²) in [6.45, 7) is 9.41. The van der Waals surface area contributed by atoms with Crippen LogP contribution in [0.25, 0.3) is 0 Å². The second kappa shape index (κ2) is 7.63. The molecule has 122 valence electrons. The number of para-hydroxylation sites is 1. The minimum atomic E-state index is -0.680. The van der Waals surface area contributed by atoms with Crippen molar-refractivity contribution in [2.45, 2.75) is 33.7 Å². The summed E-state index contributed by atoms with van der Waals surface area (Å²) in [6, 6.07) is 8.07. The lowest BCUT2D eigenvalue weighted by Gasteiger charge is -2.34. The first-order chi connectivity index (χ1) is 10.5. The summed E-state index contributed by atoms with van der Waals surface area (Å²) in [5.74, 6) is 0.882. The number of carboxylic acid groups (broad SMARTS) is 1. The standard InChI is InChI=1S/C18H27NO3/c1-13(2)12-22-17-7-5-4-6-15(17)10-19-9-14(3)8-16(11-19)18(20)21/h4-7,13-14,16H,8-12H2,1-3H3,(H,20,21). The summed E-state index contributed by atoms with van der Waals surface area (Å²) in [7, 11) is 0. The van der Waals surface area contributed by atoms with Crippen molar-refractivity contribution in [2.75, 3.05) is 19.7 Å². The molecule has 4 heteroatoms. The van der Waals surface area contributed by atoms with Crippen LogP contribution in [0.1, 0.15) is 32.8 Å². The Balaban J connectivity index is 2.04. The van der Waals surface area contributed by atoms with E-state index < -0.39 is 5.97 Å². The van der Waals surface area contributed by atoms with Crippen molar-refractivity contribution in [1.29, 1.82) is 0 Å². The fourth-order valence-corrected chi connectivity index (χ4v) is 3.04. The van der Waals surface area contributed by atoms with E-state index in [0.717, 1.165) is 30.8 Å². The maximum atomic E-state index is 11.3. The van der Waals surface area contributed by atoms with Crippen molar-refractivity contribution in [2.24, 2.45) is 17.8 Å². The fourth-order valence-electron chi connectivity index (χ4n) is 3.04. The van der Waals surface area contributed by atoms with Crippen molar-refractivity contribution in [3.05, 3.63) is 29.8 Å². The van der Waals surface area contributed by atoms with Crippen LogP contribution in [0.15, 0.2) is 24.3 Å². The van der Waals surface area contributed by atoms with Crippen LogP contribution in [0.2, 0.25) is 0 Å². The molecule has 0 aromatic heterocycles. The third-order valence-electron chi connectivity index (χ3n) is 4.02. The molecule has 0 spiro atoms. The molecule has 2 atom stereocenters. The zero-order chi connectivity index (χ0) is 16.1. The first-order valence-corrected chi connectivity index (χ1v) is 8.11. The van der Waals surface area contributed by atoms with Gasteiger partial charge in [0.15, 0.2) is 0 Å². The smallest absolute Gasteiger partial charge is 0.307 e. The van der Waals surface area contributed by atoms with Crippen LogP contribution in [0.4, 0.5) is 0 Å². The second-order valence-corrected chi connectivity index (χ2v) is 6.88. The van der Waals surface area contributed by atoms with E-state index >= 15 is 0 Å². The molecule has 0 radical (unpaired) electrons. The van der Waals surface area contributed by atoms with Gasteiger partial charge in [-0.15, -0.1) is 0 Å². The van der Waals surface area contributed by atoms with Crippen LogP contribution in [0.5, 0.6) is 5.75 Å². The largest absolute Gasteiger partial charge is 0.493 e. The number of rotatable bonds is 6. The molecule has 0 saturated carbocycles. The molecule has 1 aliphatic rings. The molecule has 1 fully saturated rings. The molecule has 1 aliphatic heterocycles. The Morgan fingerprint density at radius 1 is 1.36 bits per heavy atom. The number of carbonyl (C=O) groups is 1. The minimum Gasteiger partial charge on any atom is -0.493 e. The quantitative estimate of drug-likeness (QED) is 0.876. The summed E-state index contributed by atoms with van der Waals surface area (Å²) < 4.78 is 5.90. The average molecular weight is 305 g/mol. The zero-order valence-corrected chi connectivity index (χ0v) is 13.8. The molecule has 0 amide bonds. The van der Waals surface area contributed by atoms with E-state index in [2.05, 4.69) is 31.7 Å². The van der Waals surface area contributed by atoms with E-state index in [0.29, 0.717) is 25.0 Å². The first-order valence-electron chi connectivity index (χ1n) is 8.11. The monoisotopic (exact) mass is 305 g/mol. The summed E-state index contributed by atoms with van der Waals surface area (Å²) in [6.07, 6.45) is 0.775. The maximum absolute atomic E-state index is 11.3. The number of hydrogen-bond acceptors (Lipinski definition) is 3. The van der Waals surface area contributed by atoms with Gasteiger partial charge in [-0.2, -0.15) is 0 Å². The number of carboxylic acids is 1. The van der Waals surface area contributed by atoms with Crippen LogP contribution in [0, 0.1) is 17.8 Å². The normalized spacial score (nSPS) is 22.7. The van der Waals surface area contributed by atoms with Crippen molar-refractivity contribution in [1.82, 2.24) is 4.90 Å². The fraction of sp³-hybridized carbons (Fsp3) is 0.611. The van der Waals surface area contributed by atoms with Crippen molar-refractivity contribution >= 4 is 5.97 Å². The highest BCUT2D eigenvalue weighted by atomic mass is 16.5. The number of benzene rings is 1. The van der Waals surface area contributed by atoms with E-state index in [-0.39, 0.29) is 5.92 Å². The van der Waals surface area contributed by atoms with Crippen molar-refractivity contribution < 1.29 is 14.6 Å². The van der Waals surface area contributed by atoms with Gasteiger partial charge in [-0.3, -0.25) is 9.69 Å². The molecule has 1 heterocycles. The van der Waals surface area contributed by atoms with E-state index in [9.17, 15) is 9.90 Å². The van der Waals surface area contributed by atoms with Gasteiger partial charge in [-0.1, -0.05) is 39.0 Å². The van der Waals surface area contributed by atoms with Gasteiger partial charge in [0.1, 0.15) is 5.75 Å². The van der Waals surface area contributed by atoms with Crippen LogP contribution < -0.4 is 4.74 Å². The summed E-state index contributed by atoms with van der Waals surface area (Å²) in [5.41, 5.74) is 1.14. The molecule has 0 bridgehead atoms. The number of ether oxygens (including phenoxy) is 1. The molecule has 1 aromatic rings. The predicted octanol–water partition coefficient (Wildman–Crippen LogP) is 3.26. The van der Waals surface area contributed by atoms with E-state index in [1.54, 1.807) is 0 Å².